The van der Waals surface area contributed by atoms with Gasteiger partial charge in [0.15, 0.2) is 0 Å². The minimum atomic E-state index is 0.114. The van der Waals surface area contributed by atoms with Crippen molar-refractivity contribution in [3.05, 3.63) is 42.6 Å². The van der Waals surface area contributed by atoms with E-state index in [2.05, 4.69) is 5.10 Å². The minimum absolute atomic E-state index is 0.114. The maximum absolute atomic E-state index is 12.1. The molecule has 0 saturated carbocycles. The summed E-state index contributed by atoms with van der Waals surface area (Å²) in [4.78, 5) is 13.8. The second-order valence-electron chi connectivity index (χ2n) is 4.67. The largest absolute Gasteiger partial charge is 0.296 e. The maximum atomic E-state index is 12.1. The Balaban J connectivity index is 1.95. The number of anilines is 1. The summed E-state index contributed by atoms with van der Waals surface area (Å²) in [6.07, 6.45) is 2.23. The van der Waals surface area contributed by atoms with Crippen LogP contribution in [-0.4, -0.2) is 28.1 Å². The van der Waals surface area contributed by atoms with Gasteiger partial charge in [-0.2, -0.15) is 5.10 Å². The average Bonchev–Trinajstić information content (AvgIpc) is 3.05. The highest BCUT2D eigenvalue weighted by Gasteiger charge is 2.31. The molecular weight excluding hydrogens is 262 g/mol. The molecule has 3 rings (SSSR count). The monoisotopic (exact) mass is 275 g/mol. The highest BCUT2D eigenvalue weighted by atomic mass is 35.5. The first-order chi connectivity index (χ1) is 9.29. The van der Waals surface area contributed by atoms with Crippen LogP contribution in [0.2, 0.25) is 0 Å². The molecule has 1 unspecified atom stereocenters. The maximum Gasteiger partial charge on any atom is 0.228 e. The molecule has 2 heterocycles. The number of para-hydroxylation sites is 1. The van der Waals surface area contributed by atoms with Gasteiger partial charge >= 0.3 is 0 Å². The summed E-state index contributed by atoms with van der Waals surface area (Å²) in [5.74, 6) is 1.67. The van der Waals surface area contributed by atoms with E-state index in [1.54, 1.807) is 15.8 Å². The fourth-order valence-electron chi connectivity index (χ4n) is 2.38. The number of hydrogen-bond donors (Lipinski definition) is 0. The Morgan fingerprint density at radius 2 is 2.05 bits per heavy atom. The van der Waals surface area contributed by atoms with Crippen molar-refractivity contribution in [3.63, 3.8) is 0 Å². The second-order valence-corrected chi connectivity index (χ2v) is 4.97. The fraction of sp³-hybridized carbons (Fsp3) is 0.286. The zero-order valence-electron chi connectivity index (χ0n) is 10.4. The molecule has 1 saturated heterocycles. The Bertz CT molecular complexity index is 581. The lowest BCUT2D eigenvalue weighted by Crippen LogP contribution is -2.27. The molecule has 1 atom stereocenters. The van der Waals surface area contributed by atoms with Gasteiger partial charge in [-0.3, -0.25) is 9.69 Å². The number of hydrogen-bond acceptors (Lipinski definition) is 2. The van der Waals surface area contributed by atoms with E-state index in [9.17, 15) is 4.79 Å². The van der Waals surface area contributed by atoms with E-state index in [0.717, 1.165) is 11.5 Å². The van der Waals surface area contributed by atoms with E-state index < -0.39 is 0 Å². The van der Waals surface area contributed by atoms with Gasteiger partial charge in [0, 0.05) is 24.9 Å². The first kappa shape index (κ1) is 12.2. The molecule has 0 N–H and O–H groups in total. The van der Waals surface area contributed by atoms with Gasteiger partial charge in [0.2, 0.25) is 5.91 Å². The lowest BCUT2D eigenvalue weighted by Gasteiger charge is -2.17. The molecule has 1 aromatic heterocycles. The Labute approximate surface area is 116 Å². The highest BCUT2D eigenvalue weighted by molar-refractivity contribution is 6.18. The molecule has 1 aromatic carbocycles. The van der Waals surface area contributed by atoms with Crippen molar-refractivity contribution in [2.24, 2.45) is 5.92 Å². The lowest BCUT2D eigenvalue weighted by molar-refractivity contribution is -0.117. The van der Waals surface area contributed by atoms with Gasteiger partial charge in [0.25, 0.3) is 0 Å². The standard InChI is InChI=1S/C14H14ClN3O/c15-9-11-8-14(19)17(10-11)13-6-7-16-18(13)12-4-2-1-3-5-12/h1-7,11H,8-10H2. The summed E-state index contributed by atoms with van der Waals surface area (Å²) in [5.41, 5.74) is 0.949. The summed E-state index contributed by atoms with van der Waals surface area (Å²) >= 11 is 5.86. The molecular formula is C14H14ClN3O. The van der Waals surface area contributed by atoms with Crippen molar-refractivity contribution in [2.75, 3.05) is 17.3 Å². The average molecular weight is 276 g/mol. The van der Waals surface area contributed by atoms with Crippen molar-refractivity contribution in [1.82, 2.24) is 9.78 Å². The number of halogens is 1. The van der Waals surface area contributed by atoms with Crippen LogP contribution < -0.4 is 4.90 Å². The van der Waals surface area contributed by atoms with Crippen molar-refractivity contribution in [2.45, 2.75) is 6.42 Å². The molecule has 2 aromatic rings. The normalized spacial score (nSPS) is 19.1. The smallest absolute Gasteiger partial charge is 0.228 e. The van der Waals surface area contributed by atoms with Crippen molar-refractivity contribution >= 4 is 23.3 Å². The molecule has 1 aliphatic rings. The molecule has 1 aliphatic heterocycles. The minimum Gasteiger partial charge on any atom is -0.296 e. The predicted molar refractivity (Wildman–Crippen MR) is 74.7 cm³/mol. The van der Waals surface area contributed by atoms with E-state index in [1.807, 2.05) is 36.4 Å². The summed E-state index contributed by atoms with van der Waals surface area (Å²) in [7, 11) is 0. The molecule has 0 spiro atoms. The van der Waals surface area contributed by atoms with Crippen LogP contribution in [0.3, 0.4) is 0 Å². The van der Waals surface area contributed by atoms with Gasteiger partial charge in [0.05, 0.1) is 11.9 Å². The molecule has 4 nitrogen and oxygen atoms in total. The van der Waals surface area contributed by atoms with Gasteiger partial charge in [-0.25, -0.2) is 4.68 Å². The quantitative estimate of drug-likeness (QED) is 0.807. The fourth-order valence-corrected chi connectivity index (χ4v) is 2.58. The summed E-state index contributed by atoms with van der Waals surface area (Å²) in [5, 5.41) is 4.31. The van der Waals surface area contributed by atoms with Gasteiger partial charge in [-0.15, -0.1) is 11.6 Å². The van der Waals surface area contributed by atoms with E-state index >= 15 is 0 Å². The van der Waals surface area contributed by atoms with E-state index in [-0.39, 0.29) is 11.8 Å². The number of carbonyl (C=O) groups is 1. The number of nitrogens with zero attached hydrogens (tertiary/aromatic N) is 3. The molecule has 1 amide bonds. The van der Waals surface area contributed by atoms with Crippen molar-refractivity contribution in [1.29, 1.82) is 0 Å². The molecule has 19 heavy (non-hydrogen) atoms. The zero-order valence-corrected chi connectivity index (χ0v) is 11.1. The number of amides is 1. The van der Waals surface area contributed by atoms with E-state index in [1.165, 1.54) is 0 Å². The third-order valence-corrected chi connectivity index (χ3v) is 3.76. The van der Waals surface area contributed by atoms with Gasteiger partial charge in [-0.05, 0) is 18.1 Å². The highest BCUT2D eigenvalue weighted by Crippen LogP contribution is 2.27. The molecule has 1 fully saturated rings. The number of benzene rings is 1. The Kier molecular flexibility index (Phi) is 3.25. The summed E-state index contributed by atoms with van der Waals surface area (Å²) < 4.78 is 1.79. The Morgan fingerprint density at radius 1 is 1.26 bits per heavy atom. The number of carbonyl (C=O) groups excluding carboxylic acids is 1. The van der Waals surface area contributed by atoms with Gasteiger partial charge in [-0.1, -0.05) is 18.2 Å². The molecule has 0 bridgehead atoms. The molecule has 0 aliphatic carbocycles. The second kappa shape index (κ2) is 5.05. The number of aromatic nitrogens is 2. The predicted octanol–water partition coefficient (Wildman–Crippen LogP) is 2.46. The summed E-state index contributed by atoms with van der Waals surface area (Å²) in [6, 6.07) is 11.7. The molecule has 0 radical (unpaired) electrons. The van der Waals surface area contributed by atoms with E-state index in [0.29, 0.717) is 18.8 Å². The van der Waals surface area contributed by atoms with Crippen LogP contribution in [0.4, 0.5) is 5.82 Å². The van der Waals surface area contributed by atoms with Crippen LogP contribution in [0.25, 0.3) is 5.69 Å². The SMILES string of the molecule is O=C1CC(CCl)CN1c1ccnn1-c1ccccc1. The number of rotatable bonds is 3. The van der Waals surface area contributed by atoms with Crippen LogP contribution in [0, 0.1) is 5.92 Å². The Morgan fingerprint density at radius 3 is 2.74 bits per heavy atom. The van der Waals surface area contributed by atoms with Crippen LogP contribution in [-0.2, 0) is 4.79 Å². The van der Waals surface area contributed by atoms with Crippen LogP contribution in [0.5, 0.6) is 0 Å². The summed E-state index contributed by atoms with van der Waals surface area (Å²) in [6.45, 7) is 0.668. The Hall–Kier alpha value is -1.81. The van der Waals surface area contributed by atoms with E-state index in [4.69, 9.17) is 11.6 Å². The van der Waals surface area contributed by atoms with Crippen LogP contribution in [0.15, 0.2) is 42.6 Å². The molecule has 5 heteroatoms. The van der Waals surface area contributed by atoms with Crippen molar-refractivity contribution < 1.29 is 4.79 Å². The lowest BCUT2D eigenvalue weighted by atomic mass is 10.1. The third-order valence-electron chi connectivity index (χ3n) is 3.32. The van der Waals surface area contributed by atoms with Crippen molar-refractivity contribution in [3.8, 4) is 5.69 Å². The third kappa shape index (κ3) is 2.24. The van der Waals surface area contributed by atoms with Crippen LogP contribution >= 0.6 is 11.6 Å². The zero-order chi connectivity index (χ0) is 13.2. The van der Waals surface area contributed by atoms with Gasteiger partial charge < -0.3 is 0 Å². The first-order valence-corrected chi connectivity index (χ1v) is 6.79. The van der Waals surface area contributed by atoms with Gasteiger partial charge in [0.1, 0.15) is 5.82 Å². The number of alkyl halides is 1. The topological polar surface area (TPSA) is 38.1 Å². The first-order valence-electron chi connectivity index (χ1n) is 6.25. The van der Waals surface area contributed by atoms with Crippen LogP contribution in [0.1, 0.15) is 6.42 Å². The molecule has 98 valence electrons.